The van der Waals surface area contributed by atoms with E-state index in [0.717, 1.165) is 0 Å². The predicted octanol–water partition coefficient (Wildman–Crippen LogP) is 3.13. The number of nitrogens with one attached hydrogen (secondary N) is 1. The minimum absolute atomic E-state index is 0.0431. The van der Waals surface area contributed by atoms with Crippen LogP contribution in [-0.2, 0) is 14.8 Å². The summed E-state index contributed by atoms with van der Waals surface area (Å²) in [5.41, 5.74) is 0.227. The van der Waals surface area contributed by atoms with Gasteiger partial charge in [-0.1, -0.05) is 23.2 Å². The van der Waals surface area contributed by atoms with E-state index in [-0.39, 0.29) is 46.4 Å². The number of halogens is 2. The van der Waals surface area contributed by atoms with Crippen molar-refractivity contribution in [3.8, 4) is 5.75 Å². The molecule has 0 saturated carbocycles. The van der Waals surface area contributed by atoms with Crippen molar-refractivity contribution < 1.29 is 18.3 Å². The van der Waals surface area contributed by atoms with Crippen LogP contribution >= 0.6 is 23.2 Å². The number of carbonyl (C=O) groups excluding carboxylic acids is 1. The summed E-state index contributed by atoms with van der Waals surface area (Å²) in [5.74, 6) is -0.748. The molecule has 1 aromatic heterocycles. The number of pyridine rings is 1. The van der Waals surface area contributed by atoms with Crippen LogP contribution in [0.15, 0.2) is 41.4 Å². The van der Waals surface area contributed by atoms with Crippen LogP contribution in [0.3, 0.4) is 0 Å². The van der Waals surface area contributed by atoms with Gasteiger partial charge in [0.1, 0.15) is 15.8 Å². The number of anilines is 1. The highest BCUT2D eigenvalue weighted by Crippen LogP contribution is 2.30. The zero-order valence-corrected chi connectivity index (χ0v) is 16.4. The molecule has 1 aromatic carbocycles. The molecule has 0 spiro atoms. The van der Waals surface area contributed by atoms with E-state index in [1.807, 2.05) is 0 Å². The molecule has 0 atom stereocenters. The normalized spacial score (nSPS) is 16.2. The summed E-state index contributed by atoms with van der Waals surface area (Å²) in [6.45, 7) is 0.375. The Labute approximate surface area is 167 Å². The van der Waals surface area contributed by atoms with E-state index in [4.69, 9.17) is 23.2 Å². The van der Waals surface area contributed by atoms with Crippen LogP contribution in [0.5, 0.6) is 5.75 Å². The van der Waals surface area contributed by atoms with Gasteiger partial charge in [0.15, 0.2) is 0 Å². The van der Waals surface area contributed by atoms with Crippen LogP contribution in [0.25, 0.3) is 0 Å². The Kier molecular flexibility index (Phi) is 5.90. The molecule has 2 heterocycles. The summed E-state index contributed by atoms with van der Waals surface area (Å²) < 4.78 is 26.7. The lowest BCUT2D eigenvalue weighted by molar-refractivity contribution is -0.120. The van der Waals surface area contributed by atoms with Gasteiger partial charge in [0, 0.05) is 30.2 Å². The van der Waals surface area contributed by atoms with Gasteiger partial charge < -0.3 is 10.4 Å². The van der Waals surface area contributed by atoms with Crippen LogP contribution in [0, 0.1) is 5.92 Å². The maximum Gasteiger partial charge on any atom is 0.246 e. The Morgan fingerprint density at radius 2 is 1.93 bits per heavy atom. The standard InChI is InChI=1S/C17H17Cl2N3O4S/c18-12-3-4-14(23)13(10-12)21-17(24)11-5-8-22(9-6-11)27(25,26)15-2-1-7-20-16(15)19/h1-4,7,10-11,23H,5-6,8-9H2,(H,21,24). The van der Waals surface area contributed by atoms with E-state index >= 15 is 0 Å². The van der Waals surface area contributed by atoms with Gasteiger partial charge in [-0.25, -0.2) is 13.4 Å². The van der Waals surface area contributed by atoms with Crippen LogP contribution < -0.4 is 5.32 Å². The number of benzene rings is 1. The number of rotatable bonds is 4. The predicted molar refractivity (Wildman–Crippen MR) is 102 cm³/mol. The minimum atomic E-state index is -3.76. The molecule has 144 valence electrons. The SMILES string of the molecule is O=C(Nc1cc(Cl)ccc1O)C1CCN(S(=O)(=O)c2cccnc2Cl)CC1. The summed E-state index contributed by atoms with van der Waals surface area (Å²) in [4.78, 5) is 16.2. The van der Waals surface area contributed by atoms with E-state index in [9.17, 15) is 18.3 Å². The Hall–Kier alpha value is -1.87. The number of phenolic OH excluding ortho intramolecular Hbond substituents is 1. The summed E-state index contributed by atoms with van der Waals surface area (Å²) in [6.07, 6.45) is 2.12. The first-order valence-electron chi connectivity index (χ1n) is 8.19. The molecule has 7 nitrogen and oxygen atoms in total. The Morgan fingerprint density at radius 1 is 1.22 bits per heavy atom. The van der Waals surface area contributed by atoms with Crippen LogP contribution in [-0.4, -0.2) is 41.8 Å². The Bertz CT molecular complexity index is 960. The average Bonchev–Trinajstić information content (AvgIpc) is 2.65. The third kappa shape index (κ3) is 4.35. The van der Waals surface area contributed by atoms with Gasteiger partial charge in [-0.05, 0) is 43.2 Å². The lowest BCUT2D eigenvalue weighted by Gasteiger charge is -2.30. The topological polar surface area (TPSA) is 99.6 Å². The molecule has 0 unspecified atom stereocenters. The van der Waals surface area contributed by atoms with E-state index in [2.05, 4.69) is 10.3 Å². The Balaban J connectivity index is 1.66. The fourth-order valence-corrected chi connectivity index (χ4v) is 4.97. The average molecular weight is 430 g/mol. The number of sulfonamides is 1. The second-order valence-corrected chi connectivity index (χ2v) is 8.82. The summed E-state index contributed by atoms with van der Waals surface area (Å²) in [7, 11) is -3.76. The molecule has 27 heavy (non-hydrogen) atoms. The third-order valence-electron chi connectivity index (χ3n) is 4.38. The highest BCUT2D eigenvalue weighted by atomic mass is 35.5. The van der Waals surface area contributed by atoms with Gasteiger partial charge in [0.2, 0.25) is 15.9 Å². The molecule has 10 heteroatoms. The number of aromatic hydroxyl groups is 1. The van der Waals surface area contributed by atoms with Crippen molar-refractivity contribution in [2.75, 3.05) is 18.4 Å². The van der Waals surface area contributed by atoms with Gasteiger partial charge >= 0.3 is 0 Å². The first kappa shape index (κ1) is 19.9. The monoisotopic (exact) mass is 429 g/mol. The number of carbonyl (C=O) groups is 1. The molecule has 0 aliphatic carbocycles. The second kappa shape index (κ2) is 8.02. The highest BCUT2D eigenvalue weighted by molar-refractivity contribution is 7.89. The number of aromatic nitrogens is 1. The zero-order valence-electron chi connectivity index (χ0n) is 14.1. The summed E-state index contributed by atoms with van der Waals surface area (Å²) in [6, 6.07) is 7.28. The third-order valence-corrected chi connectivity index (χ3v) is 6.96. The Morgan fingerprint density at radius 3 is 2.59 bits per heavy atom. The minimum Gasteiger partial charge on any atom is -0.506 e. The molecule has 3 rings (SSSR count). The lowest BCUT2D eigenvalue weighted by atomic mass is 9.97. The van der Waals surface area contributed by atoms with E-state index in [0.29, 0.717) is 17.9 Å². The fourth-order valence-electron chi connectivity index (χ4n) is 2.90. The van der Waals surface area contributed by atoms with Gasteiger partial charge in [-0.15, -0.1) is 0 Å². The molecule has 2 N–H and O–H groups in total. The second-order valence-electron chi connectivity index (χ2n) is 6.12. The molecular weight excluding hydrogens is 413 g/mol. The first-order valence-corrected chi connectivity index (χ1v) is 10.4. The quantitative estimate of drug-likeness (QED) is 0.574. The number of hydrogen-bond acceptors (Lipinski definition) is 5. The highest BCUT2D eigenvalue weighted by Gasteiger charge is 2.33. The lowest BCUT2D eigenvalue weighted by Crippen LogP contribution is -2.41. The smallest absolute Gasteiger partial charge is 0.246 e. The molecule has 2 aromatic rings. The summed E-state index contributed by atoms with van der Waals surface area (Å²) >= 11 is 11.8. The van der Waals surface area contributed by atoms with Crippen molar-refractivity contribution >= 4 is 44.8 Å². The van der Waals surface area contributed by atoms with Crippen molar-refractivity contribution in [1.29, 1.82) is 0 Å². The van der Waals surface area contributed by atoms with Crippen LogP contribution in [0.2, 0.25) is 10.2 Å². The van der Waals surface area contributed by atoms with Crippen molar-refractivity contribution in [2.24, 2.45) is 5.92 Å². The van der Waals surface area contributed by atoms with Gasteiger partial charge in [0.05, 0.1) is 5.69 Å². The number of nitrogens with zero attached hydrogens (tertiary/aromatic N) is 2. The fraction of sp³-hybridized carbons (Fsp3) is 0.294. The first-order chi connectivity index (χ1) is 12.8. The van der Waals surface area contributed by atoms with E-state index < -0.39 is 10.0 Å². The maximum atomic E-state index is 12.7. The number of amides is 1. The molecule has 1 aliphatic rings. The number of phenols is 1. The van der Waals surface area contributed by atoms with E-state index in [1.54, 1.807) is 0 Å². The molecule has 1 fully saturated rings. The van der Waals surface area contributed by atoms with Crippen molar-refractivity contribution in [3.05, 3.63) is 46.7 Å². The summed E-state index contributed by atoms with van der Waals surface area (Å²) in [5, 5.41) is 12.8. The molecular formula is C17H17Cl2N3O4S. The molecule has 0 radical (unpaired) electrons. The molecule has 1 amide bonds. The zero-order chi connectivity index (χ0) is 19.6. The molecule has 1 aliphatic heterocycles. The van der Waals surface area contributed by atoms with Gasteiger partial charge in [0.25, 0.3) is 0 Å². The molecule has 1 saturated heterocycles. The van der Waals surface area contributed by atoms with Crippen LogP contribution in [0.4, 0.5) is 5.69 Å². The van der Waals surface area contributed by atoms with E-state index in [1.165, 1.54) is 40.8 Å². The number of hydrogen-bond donors (Lipinski definition) is 2. The van der Waals surface area contributed by atoms with Crippen molar-refractivity contribution in [3.63, 3.8) is 0 Å². The number of piperidine rings is 1. The van der Waals surface area contributed by atoms with Crippen molar-refractivity contribution in [1.82, 2.24) is 9.29 Å². The van der Waals surface area contributed by atoms with Gasteiger partial charge in [-0.2, -0.15) is 4.31 Å². The van der Waals surface area contributed by atoms with Crippen molar-refractivity contribution in [2.45, 2.75) is 17.7 Å². The van der Waals surface area contributed by atoms with Gasteiger partial charge in [-0.3, -0.25) is 4.79 Å². The molecule has 0 bridgehead atoms. The largest absolute Gasteiger partial charge is 0.506 e. The maximum absolute atomic E-state index is 12.7. The van der Waals surface area contributed by atoms with Crippen LogP contribution in [0.1, 0.15) is 12.8 Å².